The third kappa shape index (κ3) is 2.36. The standard InChI is InChI=1S/C17H19N3O3/c1-3-4-10-20-16(22)13-14(19(2)17(20)23)15(21)12(18-13)11-8-6-5-7-9-11/h5-9,18,21H,3-4,10H2,1-2H3. The zero-order chi connectivity index (χ0) is 16.6. The number of unbranched alkanes of at least 4 members (excludes halogenated alkanes) is 1. The number of hydrogen-bond acceptors (Lipinski definition) is 3. The molecule has 0 atom stereocenters. The van der Waals surface area contributed by atoms with Gasteiger partial charge in [0.2, 0.25) is 0 Å². The lowest BCUT2D eigenvalue weighted by Crippen LogP contribution is -2.39. The van der Waals surface area contributed by atoms with E-state index in [1.54, 1.807) is 7.05 Å². The van der Waals surface area contributed by atoms with Crippen LogP contribution in [0.1, 0.15) is 19.8 Å². The number of aryl methyl sites for hydroxylation is 1. The number of benzene rings is 1. The van der Waals surface area contributed by atoms with Gasteiger partial charge in [0, 0.05) is 19.2 Å². The van der Waals surface area contributed by atoms with E-state index in [2.05, 4.69) is 4.98 Å². The Morgan fingerprint density at radius 1 is 1.17 bits per heavy atom. The first-order valence-electron chi connectivity index (χ1n) is 7.66. The molecule has 2 N–H and O–H groups in total. The molecule has 120 valence electrons. The van der Waals surface area contributed by atoms with Crippen LogP contribution >= 0.6 is 0 Å². The minimum absolute atomic E-state index is 0.0782. The summed E-state index contributed by atoms with van der Waals surface area (Å²) in [7, 11) is 1.56. The fourth-order valence-electron chi connectivity index (χ4n) is 2.79. The van der Waals surface area contributed by atoms with E-state index in [0.29, 0.717) is 12.2 Å². The zero-order valence-corrected chi connectivity index (χ0v) is 13.2. The number of H-pyrrole nitrogens is 1. The lowest BCUT2D eigenvalue weighted by molar-refractivity contribution is 0.479. The fourth-order valence-corrected chi connectivity index (χ4v) is 2.79. The Morgan fingerprint density at radius 2 is 1.87 bits per heavy atom. The van der Waals surface area contributed by atoms with Crippen LogP contribution in [0.25, 0.3) is 22.3 Å². The summed E-state index contributed by atoms with van der Waals surface area (Å²) in [5, 5.41) is 10.5. The molecule has 0 aliphatic carbocycles. The minimum Gasteiger partial charge on any atom is -0.504 e. The Balaban J connectivity index is 2.33. The average Bonchev–Trinajstić information content (AvgIpc) is 2.91. The van der Waals surface area contributed by atoms with Gasteiger partial charge in [0.25, 0.3) is 5.56 Å². The smallest absolute Gasteiger partial charge is 0.331 e. The Hall–Kier alpha value is -2.76. The van der Waals surface area contributed by atoms with Crippen molar-refractivity contribution in [3.05, 3.63) is 51.2 Å². The summed E-state index contributed by atoms with van der Waals surface area (Å²) in [6, 6.07) is 9.23. The predicted molar refractivity (Wildman–Crippen MR) is 89.8 cm³/mol. The predicted octanol–water partition coefficient (Wildman–Crippen LogP) is 2.20. The van der Waals surface area contributed by atoms with Gasteiger partial charge in [-0.05, 0) is 6.42 Å². The van der Waals surface area contributed by atoms with E-state index < -0.39 is 11.2 Å². The van der Waals surface area contributed by atoms with E-state index >= 15 is 0 Å². The summed E-state index contributed by atoms with van der Waals surface area (Å²) in [5.41, 5.74) is 0.888. The molecule has 6 heteroatoms. The number of aromatic nitrogens is 3. The molecule has 0 fully saturated rings. The SMILES string of the molecule is CCCCn1c(=O)c2[nH]c(-c3ccccc3)c(O)c2n(C)c1=O. The molecule has 0 aliphatic rings. The second kappa shape index (κ2) is 5.79. The van der Waals surface area contributed by atoms with Gasteiger partial charge in [-0.3, -0.25) is 13.9 Å². The molecular formula is C17H19N3O3. The molecule has 0 radical (unpaired) electrons. The van der Waals surface area contributed by atoms with Crippen LogP contribution < -0.4 is 11.2 Å². The summed E-state index contributed by atoms with van der Waals surface area (Å²) in [6.07, 6.45) is 1.64. The molecule has 2 heterocycles. The van der Waals surface area contributed by atoms with Crippen molar-refractivity contribution in [2.24, 2.45) is 7.05 Å². The monoisotopic (exact) mass is 313 g/mol. The maximum atomic E-state index is 12.6. The fraction of sp³-hybridized carbons (Fsp3) is 0.294. The molecule has 3 aromatic rings. The van der Waals surface area contributed by atoms with Gasteiger partial charge in [-0.25, -0.2) is 4.79 Å². The summed E-state index contributed by atoms with van der Waals surface area (Å²) < 4.78 is 2.54. The molecule has 0 amide bonds. The third-order valence-electron chi connectivity index (χ3n) is 4.06. The van der Waals surface area contributed by atoms with Gasteiger partial charge < -0.3 is 10.1 Å². The molecule has 0 spiro atoms. The molecule has 23 heavy (non-hydrogen) atoms. The van der Waals surface area contributed by atoms with Crippen molar-refractivity contribution >= 4 is 11.0 Å². The van der Waals surface area contributed by atoms with Crippen LogP contribution in [0.15, 0.2) is 39.9 Å². The van der Waals surface area contributed by atoms with Crippen molar-refractivity contribution in [2.45, 2.75) is 26.3 Å². The average molecular weight is 313 g/mol. The van der Waals surface area contributed by atoms with Gasteiger partial charge in [-0.2, -0.15) is 0 Å². The van der Waals surface area contributed by atoms with E-state index in [0.717, 1.165) is 18.4 Å². The molecule has 0 saturated heterocycles. The van der Waals surface area contributed by atoms with Gasteiger partial charge in [0.05, 0.1) is 5.69 Å². The maximum absolute atomic E-state index is 12.6. The highest BCUT2D eigenvalue weighted by Gasteiger charge is 2.20. The van der Waals surface area contributed by atoms with Crippen LogP contribution in [0.4, 0.5) is 0 Å². The molecule has 6 nitrogen and oxygen atoms in total. The van der Waals surface area contributed by atoms with Crippen molar-refractivity contribution in [3.63, 3.8) is 0 Å². The number of hydrogen-bond donors (Lipinski definition) is 2. The van der Waals surface area contributed by atoms with Crippen LogP contribution in [0.5, 0.6) is 5.75 Å². The number of aromatic hydroxyl groups is 1. The van der Waals surface area contributed by atoms with Gasteiger partial charge in [-0.15, -0.1) is 0 Å². The van der Waals surface area contributed by atoms with E-state index in [1.165, 1.54) is 9.13 Å². The first-order valence-corrected chi connectivity index (χ1v) is 7.66. The quantitative estimate of drug-likeness (QED) is 0.775. The number of fused-ring (bicyclic) bond motifs is 1. The Labute approximate surface area is 132 Å². The second-order valence-corrected chi connectivity index (χ2v) is 5.59. The lowest BCUT2D eigenvalue weighted by Gasteiger charge is -2.07. The first-order chi connectivity index (χ1) is 11.1. The van der Waals surface area contributed by atoms with Gasteiger partial charge in [-0.1, -0.05) is 43.7 Å². The van der Waals surface area contributed by atoms with Crippen molar-refractivity contribution < 1.29 is 5.11 Å². The Bertz CT molecular complexity index is 965. The van der Waals surface area contributed by atoms with E-state index in [4.69, 9.17) is 0 Å². The van der Waals surface area contributed by atoms with Crippen LogP contribution in [0.2, 0.25) is 0 Å². The summed E-state index contributed by atoms with van der Waals surface area (Å²) in [6.45, 7) is 2.38. The first kappa shape index (κ1) is 15.1. The van der Waals surface area contributed by atoms with Crippen LogP contribution in [0, 0.1) is 0 Å². The topological polar surface area (TPSA) is 80.0 Å². The molecule has 0 unspecified atom stereocenters. The molecule has 1 aromatic carbocycles. The van der Waals surface area contributed by atoms with Crippen molar-refractivity contribution in [1.82, 2.24) is 14.1 Å². The molecule has 0 saturated carbocycles. The molecule has 0 aliphatic heterocycles. The van der Waals surface area contributed by atoms with Crippen LogP contribution in [0.3, 0.4) is 0 Å². The van der Waals surface area contributed by atoms with Crippen LogP contribution in [-0.2, 0) is 13.6 Å². The van der Waals surface area contributed by atoms with Gasteiger partial charge in [0.1, 0.15) is 11.0 Å². The molecular weight excluding hydrogens is 294 g/mol. The van der Waals surface area contributed by atoms with Gasteiger partial charge in [0.15, 0.2) is 5.75 Å². The highest BCUT2D eigenvalue weighted by Crippen LogP contribution is 2.33. The van der Waals surface area contributed by atoms with Gasteiger partial charge >= 0.3 is 5.69 Å². The third-order valence-corrected chi connectivity index (χ3v) is 4.06. The Kier molecular flexibility index (Phi) is 3.82. The summed E-state index contributed by atoms with van der Waals surface area (Å²) in [4.78, 5) is 28.0. The minimum atomic E-state index is -0.412. The molecule has 3 rings (SSSR count). The van der Waals surface area contributed by atoms with Crippen molar-refractivity contribution in [1.29, 1.82) is 0 Å². The lowest BCUT2D eigenvalue weighted by atomic mass is 10.1. The highest BCUT2D eigenvalue weighted by molar-refractivity contribution is 5.90. The normalized spacial score (nSPS) is 11.2. The maximum Gasteiger partial charge on any atom is 0.331 e. The molecule has 2 aromatic heterocycles. The summed E-state index contributed by atoms with van der Waals surface area (Å²) >= 11 is 0. The Morgan fingerprint density at radius 3 is 2.52 bits per heavy atom. The van der Waals surface area contributed by atoms with E-state index in [9.17, 15) is 14.7 Å². The van der Waals surface area contributed by atoms with Crippen LogP contribution in [-0.4, -0.2) is 19.2 Å². The van der Waals surface area contributed by atoms with Crippen molar-refractivity contribution in [3.8, 4) is 17.0 Å². The highest BCUT2D eigenvalue weighted by atomic mass is 16.3. The zero-order valence-electron chi connectivity index (χ0n) is 13.2. The number of nitrogens with one attached hydrogen (secondary N) is 1. The number of nitrogens with zero attached hydrogens (tertiary/aromatic N) is 2. The second-order valence-electron chi connectivity index (χ2n) is 5.59. The summed E-state index contributed by atoms with van der Waals surface area (Å²) in [5.74, 6) is -0.0782. The van der Waals surface area contributed by atoms with E-state index in [-0.39, 0.29) is 16.8 Å². The van der Waals surface area contributed by atoms with E-state index in [1.807, 2.05) is 37.3 Å². The number of aromatic amines is 1. The number of rotatable bonds is 4. The molecule has 0 bridgehead atoms. The largest absolute Gasteiger partial charge is 0.504 e. The van der Waals surface area contributed by atoms with Crippen molar-refractivity contribution in [2.75, 3.05) is 0 Å².